The molecule has 106 valence electrons. The quantitative estimate of drug-likeness (QED) is 0.913. The first-order valence-electron chi connectivity index (χ1n) is 6.49. The first-order chi connectivity index (χ1) is 8.90. The number of hydrogen-bond donors (Lipinski definition) is 1. The molecule has 0 amide bonds. The van der Waals surface area contributed by atoms with Crippen LogP contribution in [0.4, 0.5) is 0 Å². The van der Waals surface area contributed by atoms with E-state index in [9.17, 15) is 5.11 Å². The SMILES string of the molecule is COc1ccc(C2(O)CCOC(C)(C)C2)c(OC)c1. The number of rotatable bonds is 3. The maximum Gasteiger partial charge on any atom is 0.128 e. The first-order valence-corrected chi connectivity index (χ1v) is 6.49. The monoisotopic (exact) mass is 266 g/mol. The molecule has 19 heavy (non-hydrogen) atoms. The minimum absolute atomic E-state index is 0.335. The third kappa shape index (κ3) is 2.85. The topological polar surface area (TPSA) is 47.9 Å². The van der Waals surface area contributed by atoms with Crippen LogP contribution in [0.25, 0.3) is 0 Å². The van der Waals surface area contributed by atoms with E-state index in [2.05, 4.69) is 0 Å². The molecule has 1 aromatic rings. The molecule has 1 atom stereocenters. The molecule has 0 bridgehead atoms. The van der Waals surface area contributed by atoms with Crippen molar-refractivity contribution < 1.29 is 19.3 Å². The van der Waals surface area contributed by atoms with Crippen LogP contribution in [0.15, 0.2) is 18.2 Å². The summed E-state index contributed by atoms with van der Waals surface area (Å²) in [4.78, 5) is 0. The van der Waals surface area contributed by atoms with Gasteiger partial charge in [0.15, 0.2) is 0 Å². The number of aliphatic hydroxyl groups is 1. The summed E-state index contributed by atoms with van der Waals surface area (Å²) in [6.07, 6.45) is 1.11. The van der Waals surface area contributed by atoms with Gasteiger partial charge in [-0.05, 0) is 26.0 Å². The lowest BCUT2D eigenvalue weighted by Gasteiger charge is -2.42. The molecule has 1 aliphatic heterocycles. The largest absolute Gasteiger partial charge is 0.497 e. The molecule has 4 heteroatoms. The highest BCUT2D eigenvalue weighted by Gasteiger charge is 2.42. The fourth-order valence-electron chi connectivity index (χ4n) is 2.75. The summed E-state index contributed by atoms with van der Waals surface area (Å²) in [6.45, 7) is 4.53. The summed E-state index contributed by atoms with van der Waals surface area (Å²) in [7, 11) is 3.22. The highest BCUT2D eigenvalue weighted by atomic mass is 16.5. The Balaban J connectivity index is 2.39. The van der Waals surface area contributed by atoms with Crippen LogP contribution in [0.2, 0.25) is 0 Å². The predicted molar refractivity (Wildman–Crippen MR) is 72.7 cm³/mol. The van der Waals surface area contributed by atoms with Gasteiger partial charge in [-0.15, -0.1) is 0 Å². The molecule has 1 unspecified atom stereocenters. The zero-order valence-electron chi connectivity index (χ0n) is 12.0. The maximum atomic E-state index is 11.0. The van der Waals surface area contributed by atoms with Crippen LogP contribution < -0.4 is 9.47 Å². The Morgan fingerprint density at radius 1 is 1.21 bits per heavy atom. The van der Waals surface area contributed by atoms with Gasteiger partial charge >= 0.3 is 0 Å². The summed E-state index contributed by atoms with van der Waals surface area (Å²) >= 11 is 0. The normalized spacial score (nSPS) is 25.9. The molecular formula is C15H22O4. The summed E-state index contributed by atoms with van der Waals surface area (Å²) < 4.78 is 16.3. The van der Waals surface area contributed by atoms with Gasteiger partial charge in [0.05, 0.1) is 32.0 Å². The molecule has 0 aliphatic carbocycles. The first kappa shape index (κ1) is 14.2. The molecule has 0 aromatic heterocycles. The van der Waals surface area contributed by atoms with E-state index in [1.54, 1.807) is 20.3 Å². The lowest BCUT2D eigenvalue weighted by Crippen LogP contribution is -2.44. The summed E-state index contributed by atoms with van der Waals surface area (Å²) in [5.41, 5.74) is -0.454. The van der Waals surface area contributed by atoms with Gasteiger partial charge in [-0.2, -0.15) is 0 Å². The van der Waals surface area contributed by atoms with Crippen LogP contribution in [0, 0.1) is 0 Å². The van der Waals surface area contributed by atoms with Crippen molar-refractivity contribution in [3.05, 3.63) is 23.8 Å². The second-order valence-corrected chi connectivity index (χ2v) is 5.63. The van der Waals surface area contributed by atoms with Crippen molar-refractivity contribution in [1.82, 2.24) is 0 Å². The van der Waals surface area contributed by atoms with Crippen molar-refractivity contribution >= 4 is 0 Å². The number of methoxy groups -OCH3 is 2. The number of ether oxygens (including phenoxy) is 3. The minimum atomic E-state index is -0.917. The second kappa shape index (κ2) is 5.02. The van der Waals surface area contributed by atoms with E-state index in [0.29, 0.717) is 25.2 Å². The predicted octanol–water partition coefficient (Wildman–Crippen LogP) is 2.48. The summed E-state index contributed by atoms with van der Waals surface area (Å²) in [6, 6.07) is 5.52. The Morgan fingerprint density at radius 2 is 1.95 bits per heavy atom. The van der Waals surface area contributed by atoms with Gasteiger partial charge in [-0.3, -0.25) is 0 Å². The molecule has 0 spiro atoms. The van der Waals surface area contributed by atoms with E-state index < -0.39 is 5.60 Å². The Bertz CT molecular complexity index is 455. The molecule has 1 heterocycles. The average molecular weight is 266 g/mol. The third-order valence-electron chi connectivity index (χ3n) is 3.64. The lowest BCUT2D eigenvalue weighted by atomic mass is 9.79. The van der Waals surface area contributed by atoms with E-state index in [1.165, 1.54) is 0 Å². The highest BCUT2D eigenvalue weighted by Crippen LogP contribution is 2.43. The van der Waals surface area contributed by atoms with Crippen LogP contribution in [0.1, 0.15) is 32.3 Å². The molecule has 1 aliphatic rings. The van der Waals surface area contributed by atoms with Crippen LogP contribution in [-0.4, -0.2) is 31.5 Å². The van der Waals surface area contributed by atoms with Gasteiger partial charge in [0.2, 0.25) is 0 Å². The summed E-state index contributed by atoms with van der Waals surface area (Å²) in [5.74, 6) is 1.37. The Kier molecular flexibility index (Phi) is 3.74. The molecule has 1 fully saturated rings. The number of hydrogen-bond acceptors (Lipinski definition) is 4. The Hall–Kier alpha value is -1.26. The van der Waals surface area contributed by atoms with Gasteiger partial charge in [-0.25, -0.2) is 0 Å². The van der Waals surface area contributed by atoms with Gasteiger partial charge in [0.25, 0.3) is 0 Å². The van der Waals surface area contributed by atoms with E-state index in [1.807, 2.05) is 26.0 Å². The van der Waals surface area contributed by atoms with Crippen LogP contribution in [0.5, 0.6) is 11.5 Å². The smallest absolute Gasteiger partial charge is 0.128 e. The molecule has 4 nitrogen and oxygen atoms in total. The van der Waals surface area contributed by atoms with Crippen molar-refractivity contribution in [2.45, 2.75) is 37.9 Å². The van der Waals surface area contributed by atoms with Crippen LogP contribution in [-0.2, 0) is 10.3 Å². The van der Waals surface area contributed by atoms with Gasteiger partial charge < -0.3 is 19.3 Å². The lowest BCUT2D eigenvalue weighted by molar-refractivity contribution is -0.148. The zero-order chi connectivity index (χ0) is 14.1. The highest BCUT2D eigenvalue weighted by molar-refractivity contribution is 5.44. The van der Waals surface area contributed by atoms with Crippen molar-refractivity contribution in [1.29, 1.82) is 0 Å². The fourth-order valence-corrected chi connectivity index (χ4v) is 2.75. The van der Waals surface area contributed by atoms with E-state index >= 15 is 0 Å². The van der Waals surface area contributed by atoms with Gasteiger partial charge in [0.1, 0.15) is 11.5 Å². The zero-order valence-corrected chi connectivity index (χ0v) is 12.0. The van der Waals surface area contributed by atoms with Crippen molar-refractivity contribution in [2.24, 2.45) is 0 Å². The van der Waals surface area contributed by atoms with E-state index in [-0.39, 0.29) is 5.60 Å². The van der Waals surface area contributed by atoms with Crippen molar-refractivity contribution in [3.63, 3.8) is 0 Å². The molecule has 0 saturated carbocycles. The summed E-state index contributed by atoms with van der Waals surface area (Å²) in [5, 5.41) is 11.0. The number of benzene rings is 1. The second-order valence-electron chi connectivity index (χ2n) is 5.63. The van der Waals surface area contributed by atoms with Crippen molar-refractivity contribution in [2.75, 3.05) is 20.8 Å². The van der Waals surface area contributed by atoms with E-state index in [0.717, 1.165) is 11.3 Å². The molecule has 1 N–H and O–H groups in total. The maximum absolute atomic E-state index is 11.0. The van der Waals surface area contributed by atoms with Crippen LogP contribution >= 0.6 is 0 Å². The fraction of sp³-hybridized carbons (Fsp3) is 0.600. The molecule has 1 aromatic carbocycles. The average Bonchev–Trinajstić information content (AvgIpc) is 2.36. The Morgan fingerprint density at radius 3 is 2.53 bits per heavy atom. The molecule has 2 rings (SSSR count). The molecule has 1 saturated heterocycles. The standard InChI is InChI=1S/C15H22O4/c1-14(2)10-15(16,7-8-19-14)12-6-5-11(17-3)9-13(12)18-4/h5-6,9,16H,7-8,10H2,1-4H3. The molecular weight excluding hydrogens is 244 g/mol. The van der Waals surface area contributed by atoms with E-state index in [4.69, 9.17) is 14.2 Å². The minimum Gasteiger partial charge on any atom is -0.497 e. The van der Waals surface area contributed by atoms with Crippen molar-refractivity contribution in [3.8, 4) is 11.5 Å². The third-order valence-corrected chi connectivity index (χ3v) is 3.64. The van der Waals surface area contributed by atoms with Gasteiger partial charge in [0, 0.05) is 24.5 Å². The Labute approximate surface area is 114 Å². The van der Waals surface area contributed by atoms with Crippen LogP contribution in [0.3, 0.4) is 0 Å². The van der Waals surface area contributed by atoms with Gasteiger partial charge in [-0.1, -0.05) is 0 Å². The molecule has 0 radical (unpaired) electrons.